The molecule has 1 aliphatic heterocycles. The number of hydrogen-bond donors (Lipinski definition) is 2. The number of amides is 2. The number of nitrogens with zero attached hydrogens (tertiary/aromatic N) is 1. The van der Waals surface area contributed by atoms with Crippen LogP contribution in [0.5, 0.6) is 0 Å². The summed E-state index contributed by atoms with van der Waals surface area (Å²) in [6.45, 7) is 5.16. The van der Waals surface area contributed by atoms with Gasteiger partial charge in [0.05, 0.1) is 6.04 Å². The number of halogens is 1. The summed E-state index contributed by atoms with van der Waals surface area (Å²) in [4.78, 5) is 25.7. The van der Waals surface area contributed by atoms with Crippen LogP contribution in [-0.4, -0.2) is 35.8 Å². The molecule has 3 N–H and O–H groups in total. The quantitative estimate of drug-likeness (QED) is 0.891. The summed E-state index contributed by atoms with van der Waals surface area (Å²) in [5.41, 5.74) is 6.92. The van der Waals surface area contributed by atoms with Gasteiger partial charge in [0.1, 0.15) is 0 Å². The van der Waals surface area contributed by atoms with Crippen molar-refractivity contribution in [3.05, 3.63) is 28.8 Å². The van der Waals surface area contributed by atoms with E-state index in [0.717, 1.165) is 11.3 Å². The van der Waals surface area contributed by atoms with Gasteiger partial charge in [0.15, 0.2) is 0 Å². The van der Waals surface area contributed by atoms with Crippen LogP contribution < -0.4 is 11.1 Å². The van der Waals surface area contributed by atoms with Crippen molar-refractivity contribution < 1.29 is 9.59 Å². The van der Waals surface area contributed by atoms with E-state index < -0.39 is 0 Å². The maximum atomic E-state index is 12.4. The molecule has 1 aromatic rings. The number of nitrogens with one attached hydrogen (secondary N) is 1. The highest BCUT2D eigenvalue weighted by atomic mass is 35.5. The Morgan fingerprint density at radius 1 is 1.36 bits per heavy atom. The predicted octanol–water partition coefficient (Wildman–Crippen LogP) is 2.17. The fourth-order valence-electron chi connectivity index (χ4n) is 2.72. The second-order valence-electron chi connectivity index (χ2n) is 5.79. The average Bonchev–Trinajstić information content (AvgIpc) is 2.51. The molecule has 1 aliphatic rings. The highest BCUT2D eigenvalue weighted by molar-refractivity contribution is 6.31. The van der Waals surface area contributed by atoms with Gasteiger partial charge in [-0.3, -0.25) is 14.5 Å². The lowest BCUT2D eigenvalue weighted by atomic mass is 9.95. The molecule has 1 fully saturated rings. The normalized spacial score (nSPS) is 18.0. The lowest BCUT2D eigenvalue weighted by Gasteiger charge is -2.34. The fraction of sp³-hybridized carbons (Fsp3) is 0.500. The summed E-state index contributed by atoms with van der Waals surface area (Å²) < 4.78 is 0. The molecule has 1 atom stereocenters. The largest absolute Gasteiger partial charge is 0.369 e. The van der Waals surface area contributed by atoms with E-state index >= 15 is 0 Å². The van der Waals surface area contributed by atoms with Crippen molar-refractivity contribution in [1.29, 1.82) is 0 Å². The Morgan fingerprint density at radius 3 is 2.59 bits per heavy atom. The smallest absolute Gasteiger partial charge is 0.241 e. The van der Waals surface area contributed by atoms with Crippen molar-refractivity contribution in [3.8, 4) is 0 Å². The van der Waals surface area contributed by atoms with Gasteiger partial charge in [-0.1, -0.05) is 17.7 Å². The van der Waals surface area contributed by atoms with Gasteiger partial charge in [-0.2, -0.15) is 0 Å². The number of likely N-dealkylation sites (tertiary alicyclic amines) is 1. The number of nitrogens with two attached hydrogens (primary N) is 1. The first kappa shape index (κ1) is 16.8. The number of carbonyl (C=O) groups is 2. The summed E-state index contributed by atoms with van der Waals surface area (Å²) in [7, 11) is 0. The summed E-state index contributed by atoms with van der Waals surface area (Å²) in [6.07, 6.45) is 1.42. The van der Waals surface area contributed by atoms with Crippen molar-refractivity contribution in [3.63, 3.8) is 0 Å². The van der Waals surface area contributed by atoms with Crippen molar-refractivity contribution in [1.82, 2.24) is 4.90 Å². The number of benzene rings is 1. The van der Waals surface area contributed by atoms with E-state index in [1.165, 1.54) is 0 Å². The summed E-state index contributed by atoms with van der Waals surface area (Å²) in [6, 6.07) is 5.19. The molecule has 2 amide bonds. The lowest BCUT2D eigenvalue weighted by molar-refractivity contribution is -0.124. The van der Waals surface area contributed by atoms with E-state index in [9.17, 15) is 9.59 Å². The van der Waals surface area contributed by atoms with Gasteiger partial charge < -0.3 is 11.1 Å². The van der Waals surface area contributed by atoms with Gasteiger partial charge in [-0.25, -0.2) is 0 Å². The van der Waals surface area contributed by atoms with E-state index in [1.54, 1.807) is 6.07 Å². The van der Waals surface area contributed by atoms with E-state index in [2.05, 4.69) is 10.2 Å². The lowest BCUT2D eigenvalue weighted by Crippen LogP contribution is -2.47. The highest BCUT2D eigenvalue weighted by Gasteiger charge is 2.28. The highest BCUT2D eigenvalue weighted by Crippen LogP contribution is 2.24. The number of carbonyl (C=O) groups excluding carboxylic acids is 2. The molecule has 120 valence electrons. The van der Waals surface area contributed by atoms with Gasteiger partial charge in [0.2, 0.25) is 11.8 Å². The summed E-state index contributed by atoms with van der Waals surface area (Å²) in [5, 5.41) is 3.56. The third-order valence-electron chi connectivity index (χ3n) is 4.38. The van der Waals surface area contributed by atoms with Crippen LogP contribution >= 0.6 is 11.6 Å². The third-order valence-corrected chi connectivity index (χ3v) is 4.79. The molecule has 1 aromatic carbocycles. The topological polar surface area (TPSA) is 75.4 Å². The van der Waals surface area contributed by atoms with Crippen molar-refractivity contribution in [2.24, 2.45) is 11.7 Å². The minimum Gasteiger partial charge on any atom is -0.369 e. The first-order chi connectivity index (χ1) is 10.4. The molecule has 0 radical (unpaired) electrons. The third kappa shape index (κ3) is 3.78. The molecule has 0 saturated carbocycles. The first-order valence-electron chi connectivity index (χ1n) is 7.49. The molecule has 0 aromatic heterocycles. The Labute approximate surface area is 135 Å². The van der Waals surface area contributed by atoms with E-state index in [0.29, 0.717) is 31.0 Å². The van der Waals surface area contributed by atoms with Crippen molar-refractivity contribution in [2.75, 3.05) is 18.4 Å². The van der Waals surface area contributed by atoms with Crippen molar-refractivity contribution >= 4 is 29.1 Å². The van der Waals surface area contributed by atoms with E-state index in [4.69, 9.17) is 17.3 Å². The van der Waals surface area contributed by atoms with Crippen LogP contribution in [0.4, 0.5) is 5.69 Å². The van der Waals surface area contributed by atoms with Crippen molar-refractivity contribution in [2.45, 2.75) is 32.7 Å². The molecule has 1 heterocycles. The zero-order chi connectivity index (χ0) is 16.3. The van der Waals surface area contributed by atoms with Gasteiger partial charge >= 0.3 is 0 Å². The Kier molecular flexibility index (Phi) is 5.42. The van der Waals surface area contributed by atoms with Gasteiger partial charge in [-0.05, 0) is 57.5 Å². The summed E-state index contributed by atoms with van der Waals surface area (Å²) in [5.74, 6) is -0.379. The fourth-order valence-corrected chi connectivity index (χ4v) is 2.89. The van der Waals surface area contributed by atoms with Crippen LogP contribution in [-0.2, 0) is 9.59 Å². The van der Waals surface area contributed by atoms with Crippen LogP contribution in [0.1, 0.15) is 25.3 Å². The van der Waals surface area contributed by atoms with Gasteiger partial charge in [0, 0.05) is 16.6 Å². The van der Waals surface area contributed by atoms with E-state index in [1.807, 2.05) is 26.0 Å². The van der Waals surface area contributed by atoms with Crippen LogP contribution in [0.2, 0.25) is 5.02 Å². The monoisotopic (exact) mass is 323 g/mol. The second-order valence-corrected chi connectivity index (χ2v) is 6.20. The molecule has 1 saturated heterocycles. The molecule has 5 nitrogen and oxygen atoms in total. The molecule has 0 aliphatic carbocycles. The molecule has 0 bridgehead atoms. The SMILES string of the molecule is Cc1c(Cl)cccc1NC(=O)[C@H](C)N1CCC(C(N)=O)CC1. The molecule has 6 heteroatoms. The molecular weight excluding hydrogens is 302 g/mol. The zero-order valence-corrected chi connectivity index (χ0v) is 13.7. The molecule has 0 spiro atoms. The maximum absolute atomic E-state index is 12.4. The number of anilines is 1. The summed E-state index contributed by atoms with van der Waals surface area (Å²) >= 11 is 6.07. The Hall–Kier alpha value is -1.59. The predicted molar refractivity (Wildman–Crippen MR) is 87.8 cm³/mol. The standard InChI is InChI=1S/C16H22ClN3O2/c1-10-13(17)4-3-5-14(10)19-16(22)11(2)20-8-6-12(7-9-20)15(18)21/h3-5,11-12H,6-9H2,1-2H3,(H2,18,21)(H,19,22)/t11-/m0/s1. The second kappa shape index (κ2) is 7.11. The minimum atomic E-state index is -0.257. The average molecular weight is 324 g/mol. The molecule has 2 rings (SSSR count). The minimum absolute atomic E-state index is 0.0668. The number of hydrogen-bond acceptors (Lipinski definition) is 3. The number of primary amides is 1. The van der Waals surface area contributed by atoms with Crippen LogP contribution in [0.3, 0.4) is 0 Å². The maximum Gasteiger partial charge on any atom is 0.241 e. The molecule has 0 unspecified atom stereocenters. The molecular formula is C16H22ClN3O2. The van der Waals surface area contributed by atoms with Crippen LogP contribution in [0, 0.1) is 12.8 Å². The van der Waals surface area contributed by atoms with E-state index in [-0.39, 0.29) is 23.8 Å². The number of piperidine rings is 1. The Balaban J connectivity index is 1.95. The Morgan fingerprint density at radius 2 is 2.00 bits per heavy atom. The van der Waals surface area contributed by atoms with Crippen LogP contribution in [0.15, 0.2) is 18.2 Å². The molecule has 22 heavy (non-hydrogen) atoms. The number of rotatable bonds is 4. The Bertz CT molecular complexity index is 569. The first-order valence-corrected chi connectivity index (χ1v) is 7.87. The van der Waals surface area contributed by atoms with Crippen LogP contribution in [0.25, 0.3) is 0 Å². The van der Waals surface area contributed by atoms with Gasteiger partial charge in [-0.15, -0.1) is 0 Å². The zero-order valence-electron chi connectivity index (χ0n) is 12.9. The van der Waals surface area contributed by atoms with Gasteiger partial charge in [0.25, 0.3) is 0 Å².